The van der Waals surface area contributed by atoms with Gasteiger partial charge in [0.2, 0.25) is 0 Å². The van der Waals surface area contributed by atoms with Gasteiger partial charge in [-0.25, -0.2) is 4.98 Å². The van der Waals surface area contributed by atoms with E-state index in [9.17, 15) is 0 Å². The molecule has 0 unspecified atom stereocenters. The summed E-state index contributed by atoms with van der Waals surface area (Å²) >= 11 is 0. The molecule has 45 heavy (non-hydrogen) atoms. The van der Waals surface area contributed by atoms with E-state index in [-0.39, 0.29) is 38.6 Å². The quantitative estimate of drug-likeness (QED) is 0.167. The number of nitrogens with zero attached hydrogens (tertiary/aromatic N) is 4. The van der Waals surface area contributed by atoms with Crippen LogP contribution in [0.4, 0.5) is 17.1 Å². The predicted molar refractivity (Wildman–Crippen MR) is 182 cm³/mol. The summed E-state index contributed by atoms with van der Waals surface area (Å²) in [4.78, 5) is 8.22. The van der Waals surface area contributed by atoms with E-state index in [4.69, 9.17) is 13.8 Å². The third-order valence-electron chi connectivity index (χ3n) is 8.33. The summed E-state index contributed by atoms with van der Waals surface area (Å²) in [6.07, 6.45) is 1.88. The molecule has 0 fully saturated rings. The van der Waals surface area contributed by atoms with Gasteiger partial charge in [0.1, 0.15) is 5.82 Å². The smallest absolute Gasteiger partial charge is 0.509 e. The van der Waals surface area contributed by atoms with Crippen LogP contribution in [0, 0.1) is 12.1 Å². The molecule has 0 bridgehead atoms. The molecule has 1 aliphatic rings. The molecule has 0 radical (unpaired) electrons. The van der Waals surface area contributed by atoms with Crippen LogP contribution in [0.25, 0.3) is 27.6 Å². The maximum Gasteiger partial charge on any atom is 2.00 e. The molecule has 4 aromatic carbocycles. The van der Waals surface area contributed by atoms with E-state index in [0.717, 1.165) is 33.6 Å². The first kappa shape index (κ1) is 27.2. The van der Waals surface area contributed by atoms with Crippen molar-refractivity contribution in [2.75, 3.05) is 23.4 Å². The van der Waals surface area contributed by atoms with Gasteiger partial charge in [-0.05, 0) is 57.7 Å². The Morgan fingerprint density at radius 2 is 1.56 bits per heavy atom. The van der Waals surface area contributed by atoms with Crippen LogP contribution in [0.3, 0.4) is 0 Å². The molecular formula is C39H38N4OPt. The summed E-state index contributed by atoms with van der Waals surface area (Å²) in [6.45, 7) is 11.3. The van der Waals surface area contributed by atoms with Gasteiger partial charge in [-0.15, -0.1) is 35.7 Å². The van der Waals surface area contributed by atoms with E-state index in [1.807, 2.05) is 59.6 Å². The first-order chi connectivity index (χ1) is 22.2. The molecule has 230 valence electrons. The molecule has 0 saturated heterocycles. The standard InChI is InChI=1S/C39H38N4O.Pt/c1-38(2,3)26-20-21-40-36(22-26)43-34-17-11-14-31(39(4,5)6)37(34)30-19-18-29(24-35(30)43)44-28-13-10-12-27(23-28)42-25-41(7)32-15-8-9-16-33(32)42;/h8-22H,25H2,1-7H3;/q-2;+2/i7D3;. The predicted octanol–water partition coefficient (Wildman–Crippen LogP) is 9.71. The number of hydrogen-bond donors (Lipinski definition) is 0. The number of pyridine rings is 1. The third-order valence-corrected chi connectivity index (χ3v) is 8.33. The van der Waals surface area contributed by atoms with Crippen LogP contribution in [0.2, 0.25) is 0 Å². The molecule has 6 heteroatoms. The Balaban J connectivity index is 0.00000401. The average Bonchev–Trinajstić information content (AvgIpc) is 3.57. The number of rotatable bonds is 4. The zero-order chi connectivity index (χ0) is 33.3. The van der Waals surface area contributed by atoms with Gasteiger partial charge < -0.3 is 19.1 Å². The topological polar surface area (TPSA) is 33.5 Å². The van der Waals surface area contributed by atoms with Crippen LogP contribution in [-0.2, 0) is 31.9 Å². The Kier molecular flexibility index (Phi) is 6.89. The summed E-state index contributed by atoms with van der Waals surface area (Å²) in [7, 11) is 0. The van der Waals surface area contributed by atoms with Crippen LogP contribution in [-0.4, -0.2) is 23.2 Å². The molecule has 7 rings (SSSR count). The number of hydrogen-bond acceptors (Lipinski definition) is 4. The number of benzene rings is 4. The average molecular weight is 777 g/mol. The van der Waals surface area contributed by atoms with Crippen LogP contribution in [0.15, 0.2) is 91.1 Å². The van der Waals surface area contributed by atoms with E-state index >= 15 is 0 Å². The van der Waals surface area contributed by atoms with Gasteiger partial charge in [-0.1, -0.05) is 77.0 Å². The van der Waals surface area contributed by atoms with Crippen molar-refractivity contribution in [3.05, 3.63) is 114 Å². The number of aromatic nitrogens is 2. The molecule has 5 nitrogen and oxygen atoms in total. The summed E-state index contributed by atoms with van der Waals surface area (Å²) in [5.41, 5.74) is 6.48. The minimum atomic E-state index is -2.27. The van der Waals surface area contributed by atoms with Gasteiger partial charge in [-0.2, -0.15) is 12.1 Å². The van der Waals surface area contributed by atoms with Crippen molar-refractivity contribution < 1.29 is 29.9 Å². The van der Waals surface area contributed by atoms with Gasteiger partial charge in [0, 0.05) is 34.3 Å². The Morgan fingerprint density at radius 1 is 0.800 bits per heavy atom. The number of ether oxygens (including phenoxy) is 1. The third kappa shape index (κ3) is 5.53. The largest absolute Gasteiger partial charge is 2.00 e. The Morgan fingerprint density at radius 3 is 2.31 bits per heavy atom. The molecule has 1 aliphatic heterocycles. The second kappa shape index (κ2) is 11.4. The zero-order valence-electron chi connectivity index (χ0n) is 29.4. The molecule has 0 spiro atoms. The van der Waals surface area contributed by atoms with Crippen molar-refractivity contribution in [2.24, 2.45) is 0 Å². The molecular weight excluding hydrogens is 736 g/mol. The van der Waals surface area contributed by atoms with Crippen molar-refractivity contribution in [1.82, 2.24) is 9.55 Å². The van der Waals surface area contributed by atoms with Crippen LogP contribution >= 0.6 is 0 Å². The first-order valence-electron chi connectivity index (χ1n) is 16.5. The van der Waals surface area contributed by atoms with E-state index in [1.54, 1.807) is 0 Å². The van der Waals surface area contributed by atoms with E-state index in [1.165, 1.54) is 21.4 Å². The molecule has 3 heterocycles. The van der Waals surface area contributed by atoms with Gasteiger partial charge in [0.05, 0.1) is 18.0 Å². The number of fused-ring (bicyclic) bond motifs is 4. The second-order valence-corrected chi connectivity index (χ2v) is 13.5. The Labute approximate surface area is 284 Å². The van der Waals surface area contributed by atoms with E-state index in [2.05, 4.69) is 94.6 Å². The van der Waals surface area contributed by atoms with Crippen molar-refractivity contribution in [1.29, 1.82) is 0 Å². The van der Waals surface area contributed by atoms with Crippen LogP contribution in [0.5, 0.6) is 11.5 Å². The molecule has 0 saturated carbocycles. The number of para-hydroxylation sites is 2. The fourth-order valence-corrected chi connectivity index (χ4v) is 6.09. The molecule has 0 amide bonds. The minimum absolute atomic E-state index is 0. The normalized spacial score (nSPS) is 14.6. The summed E-state index contributed by atoms with van der Waals surface area (Å²) < 4.78 is 32.8. The molecule has 6 aromatic rings. The summed E-state index contributed by atoms with van der Waals surface area (Å²) in [5, 5.41) is 2.26. The maximum atomic E-state index is 8.07. The Hall–Kier alpha value is -4.08. The number of anilines is 3. The van der Waals surface area contributed by atoms with Crippen LogP contribution < -0.4 is 14.5 Å². The van der Waals surface area contributed by atoms with Gasteiger partial charge in [0.25, 0.3) is 0 Å². The van der Waals surface area contributed by atoms with Crippen molar-refractivity contribution >= 4 is 38.9 Å². The van der Waals surface area contributed by atoms with Gasteiger partial charge in [-0.3, -0.25) is 0 Å². The molecule has 0 N–H and O–H groups in total. The fraction of sp³-hybridized carbons (Fsp3) is 0.256. The van der Waals surface area contributed by atoms with Gasteiger partial charge >= 0.3 is 21.1 Å². The first-order valence-corrected chi connectivity index (χ1v) is 15.0. The monoisotopic (exact) mass is 776 g/mol. The van der Waals surface area contributed by atoms with E-state index < -0.39 is 6.98 Å². The molecule has 0 aliphatic carbocycles. The second-order valence-electron chi connectivity index (χ2n) is 13.5. The minimum Gasteiger partial charge on any atom is -0.509 e. The van der Waals surface area contributed by atoms with Crippen molar-refractivity contribution in [3.63, 3.8) is 0 Å². The SMILES string of the molecule is [2H]C([2H])([2H])N1CN(c2[c-]c(Oc3[c-]c4c(cc3)c3c(C(C)(C)C)cccc3n4-c3cc(C(C)(C)C)ccn3)ccc2)c2ccccc21.[Pt+2]. The van der Waals surface area contributed by atoms with Gasteiger partial charge in [0.15, 0.2) is 0 Å². The maximum absolute atomic E-state index is 8.07. The summed E-state index contributed by atoms with van der Waals surface area (Å²) in [6, 6.07) is 34.9. The van der Waals surface area contributed by atoms with Crippen molar-refractivity contribution in [2.45, 2.75) is 52.4 Å². The van der Waals surface area contributed by atoms with Crippen LogP contribution in [0.1, 0.15) is 56.8 Å². The molecule has 0 atom stereocenters. The fourth-order valence-electron chi connectivity index (χ4n) is 6.09. The zero-order valence-corrected chi connectivity index (χ0v) is 28.7. The molecule has 2 aromatic heterocycles. The Bertz CT molecular complexity index is 2140. The van der Waals surface area contributed by atoms with Crippen molar-refractivity contribution in [3.8, 4) is 17.3 Å². The summed E-state index contributed by atoms with van der Waals surface area (Å²) in [5.74, 6) is 1.89. The van der Waals surface area contributed by atoms with E-state index in [0.29, 0.717) is 17.2 Å².